The lowest BCUT2D eigenvalue weighted by Gasteiger charge is -2.22. The van der Waals surface area contributed by atoms with Crippen molar-refractivity contribution in [1.82, 2.24) is 5.32 Å². The second kappa shape index (κ2) is 5.18. The van der Waals surface area contributed by atoms with Crippen LogP contribution in [0.2, 0.25) is 0 Å². The van der Waals surface area contributed by atoms with E-state index in [9.17, 15) is 5.11 Å². The van der Waals surface area contributed by atoms with E-state index < -0.39 is 5.60 Å². The lowest BCUT2D eigenvalue weighted by atomic mass is 10.1. The highest BCUT2D eigenvalue weighted by Gasteiger charge is 2.13. The maximum Gasteiger partial charge on any atom is 0.0715 e. The van der Waals surface area contributed by atoms with Gasteiger partial charge in [0.15, 0.2) is 0 Å². The Bertz CT molecular complexity index is 152. The first-order chi connectivity index (χ1) is 5.49. The minimum absolute atomic E-state index is 0.335. The Kier molecular flexibility index (Phi) is 4.96. The van der Waals surface area contributed by atoms with Gasteiger partial charge >= 0.3 is 0 Å². The van der Waals surface area contributed by atoms with Crippen molar-refractivity contribution in [2.24, 2.45) is 0 Å². The molecule has 2 N–H and O–H groups in total. The van der Waals surface area contributed by atoms with Gasteiger partial charge in [0.1, 0.15) is 0 Å². The molecule has 1 unspecified atom stereocenters. The minimum atomic E-state index is -0.651. The molecule has 70 valence electrons. The molecule has 0 amide bonds. The van der Waals surface area contributed by atoms with Crippen LogP contribution < -0.4 is 5.32 Å². The fourth-order valence-corrected chi connectivity index (χ4v) is 0.897. The summed E-state index contributed by atoms with van der Waals surface area (Å²) in [5.41, 5.74) is -0.651. The molecule has 0 aliphatic rings. The van der Waals surface area contributed by atoms with Gasteiger partial charge in [-0.1, -0.05) is 6.92 Å². The predicted octanol–water partition coefficient (Wildman–Crippen LogP) is 1.15. The van der Waals surface area contributed by atoms with E-state index in [1.54, 1.807) is 13.8 Å². The molecular weight excluding hydrogens is 150 g/mol. The monoisotopic (exact) mass is 169 g/mol. The SMILES string of the molecule is C#CCC(CC)NCC(C)(C)O. The zero-order valence-electron chi connectivity index (χ0n) is 8.22. The van der Waals surface area contributed by atoms with Crippen LogP contribution >= 0.6 is 0 Å². The molecule has 0 saturated carbocycles. The smallest absolute Gasteiger partial charge is 0.0715 e. The second-order valence-electron chi connectivity index (χ2n) is 3.71. The third-order valence-electron chi connectivity index (χ3n) is 1.68. The third-order valence-corrected chi connectivity index (χ3v) is 1.68. The Morgan fingerprint density at radius 2 is 2.17 bits per heavy atom. The Hall–Kier alpha value is -0.520. The average Bonchev–Trinajstić information content (AvgIpc) is 1.96. The topological polar surface area (TPSA) is 32.3 Å². The van der Waals surface area contributed by atoms with Gasteiger partial charge < -0.3 is 10.4 Å². The first-order valence-corrected chi connectivity index (χ1v) is 4.39. The molecule has 0 aliphatic heterocycles. The van der Waals surface area contributed by atoms with E-state index in [0.29, 0.717) is 12.6 Å². The van der Waals surface area contributed by atoms with Gasteiger partial charge in [-0.05, 0) is 20.3 Å². The van der Waals surface area contributed by atoms with Crippen LogP contribution in [0.4, 0.5) is 0 Å². The van der Waals surface area contributed by atoms with Crippen molar-refractivity contribution < 1.29 is 5.11 Å². The summed E-state index contributed by atoms with van der Waals surface area (Å²) in [5.74, 6) is 2.61. The summed E-state index contributed by atoms with van der Waals surface area (Å²) in [6.07, 6.45) is 6.92. The molecule has 0 aliphatic carbocycles. The fraction of sp³-hybridized carbons (Fsp3) is 0.800. The van der Waals surface area contributed by atoms with Crippen LogP contribution in [0.3, 0.4) is 0 Å². The first-order valence-electron chi connectivity index (χ1n) is 4.39. The van der Waals surface area contributed by atoms with E-state index in [1.807, 2.05) is 0 Å². The normalized spacial score (nSPS) is 13.9. The summed E-state index contributed by atoms with van der Waals surface area (Å²) in [4.78, 5) is 0. The molecule has 0 aromatic heterocycles. The van der Waals surface area contributed by atoms with Crippen molar-refractivity contribution >= 4 is 0 Å². The Balaban J connectivity index is 3.67. The van der Waals surface area contributed by atoms with Crippen LogP contribution in [-0.2, 0) is 0 Å². The van der Waals surface area contributed by atoms with Gasteiger partial charge in [0.05, 0.1) is 5.60 Å². The average molecular weight is 169 g/mol. The van der Waals surface area contributed by atoms with Crippen molar-refractivity contribution in [2.45, 2.75) is 45.3 Å². The zero-order valence-corrected chi connectivity index (χ0v) is 8.22. The lowest BCUT2D eigenvalue weighted by Crippen LogP contribution is -2.40. The maximum absolute atomic E-state index is 9.42. The summed E-state index contributed by atoms with van der Waals surface area (Å²) < 4.78 is 0. The largest absolute Gasteiger partial charge is 0.389 e. The molecule has 0 rings (SSSR count). The molecular formula is C10H19NO. The third kappa shape index (κ3) is 6.21. The highest BCUT2D eigenvalue weighted by atomic mass is 16.3. The van der Waals surface area contributed by atoms with Gasteiger partial charge in [-0.25, -0.2) is 0 Å². The highest BCUT2D eigenvalue weighted by molar-refractivity contribution is 4.89. The van der Waals surface area contributed by atoms with E-state index in [-0.39, 0.29) is 0 Å². The van der Waals surface area contributed by atoms with Gasteiger partial charge in [0.2, 0.25) is 0 Å². The number of hydrogen-bond donors (Lipinski definition) is 2. The van der Waals surface area contributed by atoms with Crippen LogP contribution in [0.5, 0.6) is 0 Å². The molecule has 0 aromatic rings. The van der Waals surface area contributed by atoms with Crippen molar-refractivity contribution in [2.75, 3.05) is 6.54 Å². The molecule has 0 radical (unpaired) electrons. The lowest BCUT2D eigenvalue weighted by molar-refractivity contribution is 0.0764. The molecule has 0 saturated heterocycles. The number of rotatable bonds is 5. The van der Waals surface area contributed by atoms with Crippen LogP contribution in [0.15, 0.2) is 0 Å². The van der Waals surface area contributed by atoms with E-state index in [4.69, 9.17) is 6.42 Å². The number of aliphatic hydroxyl groups is 1. The number of terminal acetylenes is 1. The molecule has 0 spiro atoms. The van der Waals surface area contributed by atoms with Gasteiger partial charge in [0, 0.05) is 19.0 Å². The van der Waals surface area contributed by atoms with Gasteiger partial charge in [-0.3, -0.25) is 0 Å². The first kappa shape index (κ1) is 11.5. The highest BCUT2D eigenvalue weighted by Crippen LogP contribution is 2.01. The molecule has 0 heterocycles. The summed E-state index contributed by atoms with van der Waals surface area (Å²) in [6.45, 7) is 6.23. The van der Waals surface area contributed by atoms with Crippen LogP contribution in [0.25, 0.3) is 0 Å². The molecule has 0 fully saturated rings. The minimum Gasteiger partial charge on any atom is -0.389 e. The van der Waals surface area contributed by atoms with Crippen molar-refractivity contribution in [3.8, 4) is 12.3 Å². The molecule has 2 heteroatoms. The van der Waals surface area contributed by atoms with Crippen molar-refractivity contribution in [3.63, 3.8) is 0 Å². The molecule has 0 aromatic carbocycles. The Morgan fingerprint density at radius 1 is 1.58 bits per heavy atom. The maximum atomic E-state index is 9.42. The summed E-state index contributed by atoms with van der Waals surface area (Å²) >= 11 is 0. The summed E-state index contributed by atoms with van der Waals surface area (Å²) in [5, 5.41) is 12.6. The van der Waals surface area contributed by atoms with Crippen LogP contribution in [0.1, 0.15) is 33.6 Å². The molecule has 2 nitrogen and oxygen atoms in total. The quantitative estimate of drug-likeness (QED) is 0.605. The van der Waals surface area contributed by atoms with E-state index in [2.05, 4.69) is 18.2 Å². The van der Waals surface area contributed by atoms with E-state index in [1.165, 1.54) is 0 Å². The zero-order chi connectivity index (χ0) is 9.61. The van der Waals surface area contributed by atoms with E-state index >= 15 is 0 Å². The van der Waals surface area contributed by atoms with Crippen LogP contribution in [-0.4, -0.2) is 23.3 Å². The Morgan fingerprint density at radius 3 is 2.50 bits per heavy atom. The van der Waals surface area contributed by atoms with Crippen molar-refractivity contribution in [3.05, 3.63) is 0 Å². The fourth-order valence-electron chi connectivity index (χ4n) is 0.897. The van der Waals surface area contributed by atoms with Crippen molar-refractivity contribution in [1.29, 1.82) is 0 Å². The van der Waals surface area contributed by atoms with Crippen LogP contribution in [0, 0.1) is 12.3 Å². The molecule has 12 heavy (non-hydrogen) atoms. The number of nitrogens with one attached hydrogen (secondary N) is 1. The number of hydrogen-bond acceptors (Lipinski definition) is 2. The summed E-state index contributed by atoms with van der Waals surface area (Å²) in [7, 11) is 0. The Labute approximate surface area is 75.4 Å². The van der Waals surface area contributed by atoms with Gasteiger partial charge in [-0.15, -0.1) is 12.3 Å². The van der Waals surface area contributed by atoms with E-state index in [0.717, 1.165) is 12.8 Å². The predicted molar refractivity (Wildman–Crippen MR) is 51.8 cm³/mol. The van der Waals surface area contributed by atoms with Gasteiger partial charge in [-0.2, -0.15) is 0 Å². The van der Waals surface area contributed by atoms with Gasteiger partial charge in [0.25, 0.3) is 0 Å². The standard InChI is InChI=1S/C10H19NO/c1-5-7-9(6-2)11-8-10(3,4)12/h1,9,11-12H,6-8H2,2-4H3. The molecule has 0 bridgehead atoms. The second-order valence-corrected chi connectivity index (χ2v) is 3.71. The molecule has 1 atom stereocenters. The summed E-state index contributed by atoms with van der Waals surface area (Å²) in [6, 6.07) is 0.335.